The Labute approximate surface area is 183 Å². The molecule has 0 unspecified atom stereocenters. The van der Waals surface area contributed by atoms with Gasteiger partial charge < -0.3 is 10.1 Å². The van der Waals surface area contributed by atoms with Crippen molar-refractivity contribution in [2.24, 2.45) is 0 Å². The van der Waals surface area contributed by atoms with Crippen LogP contribution in [-0.4, -0.2) is 33.4 Å². The maximum Gasteiger partial charge on any atom is 0.262 e. The standard InChI is InChI=1S/C22H22ClN3O3S/c1-14(20(27)24-16-10-8-15(23)9-11-16)30-22-25-19-7-3-2-6-18(19)21(28)26(22)13-17-5-4-12-29-17/h2-3,6-11,14,17H,4-5,12-13H2,1H3,(H,24,27)/t14-,17+/m1/s1. The highest BCUT2D eigenvalue weighted by molar-refractivity contribution is 8.00. The van der Waals surface area contributed by atoms with Crippen molar-refractivity contribution in [2.45, 2.75) is 42.8 Å². The SMILES string of the molecule is C[C@@H](Sc1nc2ccccc2c(=O)n1C[C@@H]1CCCO1)C(=O)Nc1ccc(Cl)cc1. The molecule has 2 atom stereocenters. The number of ether oxygens (including phenoxy) is 1. The van der Waals surface area contributed by atoms with Gasteiger partial charge >= 0.3 is 0 Å². The molecule has 0 spiro atoms. The first-order valence-corrected chi connectivity index (χ1v) is 11.1. The van der Waals surface area contributed by atoms with E-state index in [1.165, 1.54) is 11.8 Å². The Morgan fingerprint density at radius 3 is 2.80 bits per heavy atom. The number of nitrogens with one attached hydrogen (secondary N) is 1. The van der Waals surface area contributed by atoms with Crippen LogP contribution in [0.3, 0.4) is 0 Å². The second-order valence-electron chi connectivity index (χ2n) is 7.22. The third-order valence-electron chi connectivity index (χ3n) is 5.00. The molecular formula is C22H22ClN3O3S. The summed E-state index contributed by atoms with van der Waals surface area (Å²) in [5.74, 6) is -0.173. The van der Waals surface area contributed by atoms with E-state index in [0.717, 1.165) is 12.8 Å². The number of aromatic nitrogens is 2. The normalized spacial score (nSPS) is 17.2. The molecule has 0 saturated carbocycles. The predicted octanol–water partition coefficient (Wildman–Crippen LogP) is 4.35. The van der Waals surface area contributed by atoms with Crippen molar-refractivity contribution in [3.8, 4) is 0 Å². The van der Waals surface area contributed by atoms with E-state index in [-0.39, 0.29) is 17.6 Å². The molecule has 2 aromatic carbocycles. The number of nitrogens with zero attached hydrogens (tertiary/aromatic N) is 2. The topological polar surface area (TPSA) is 73.2 Å². The van der Waals surface area contributed by atoms with E-state index in [9.17, 15) is 9.59 Å². The Balaban J connectivity index is 1.60. The summed E-state index contributed by atoms with van der Waals surface area (Å²) in [5.41, 5.74) is 1.18. The number of thioether (sulfide) groups is 1. The number of amides is 1. The third-order valence-corrected chi connectivity index (χ3v) is 6.34. The minimum Gasteiger partial charge on any atom is -0.376 e. The Morgan fingerprint density at radius 2 is 2.07 bits per heavy atom. The third kappa shape index (κ3) is 4.69. The van der Waals surface area contributed by atoms with Crippen LogP contribution in [0, 0.1) is 0 Å². The van der Waals surface area contributed by atoms with Crippen molar-refractivity contribution in [1.82, 2.24) is 9.55 Å². The minimum absolute atomic E-state index is 0.0109. The van der Waals surface area contributed by atoms with Gasteiger partial charge in [-0.2, -0.15) is 0 Å². The van der Waals surface area contributed by atoms with Gasteiger partial charge in [0.2, 0.25) is 5.91 Å². The van der Waals surface area contributed by atoms with Crippen LogP contribution in [0.5, 0.6) is 0 Å². The molecule has 1 aliphatic heterocycles. The van der Waals surface area contributed by atoms with Crippen LogP contribution in [-0.2, 0) is 16.1 Å². The van der Waals surface area contributed by atoms with E-state index in [4.69, 9.17) is 21.3 Å². The van der Waals surface area contributed by atoms with Crippen LogP contribution in [0.15, 0.2) is 58.5 Å². The van der Waals surface area contributed by atoms with Gasteiger partial charge in [0.1, 0.15) is 0 Å². The molecule has 2 heterocycles. The number of halogens is 1. The average Bonchev–Trinajstić information content (AvgIpc) is 3.26. The summed E-state index contributed by atoms with van der Waals surface area (Å²) in [7, 11) is 0. The highest BCUT2D eigenvalue weighted by Crippen LogP contribution is 2.25. The van der Waals surface area contributed by atoms with Crippen molar-refractivity contribution in [2.75, 3.05) is 11.9 Å². The monoisotopic (exact) mass is 443 g/mol. The molecule has 3 aromatic rings. The van der Waals surface area contributed by atoms with Crippen molar-refractivity contribution in [3.05, 3.63) is 63.9 Å². The summed E-state index contributed by atoms with van der Waals surface area (Å²) in [6, 6.07) is 14.2. The summed E-state index contributed by atoms with van der Waals surface area (Å²) in [6.45, 7) is 2.95. The quantitative estimate of drug-likeness (QED) is 0.453. The van der Waals surface area contributed by atoms with Crippen molar-refractivity contribution < 1.29 is 9.53 Å². The van der Waals surface area contributed by atoms with E-state index in [0.29, 0.717) is 39.9 Å². The first-order chi connectivity index (χ1) is 14.5. The number of anilines is 1. The van der Waals surface area contributed by atoms with Crippen LogP contribution in [0.25, 0.3) is 10.9 Å². The van der Waals surface area contributed by atoms with Crippen LogP contribution in [0.4, 0.5) is 5.69 Å². The fraction of sp³-hybridized carbons (Fsp3) is 0.318. The molecule has 1 fully saturated rings. The molecule has 1 N–H and O–H groups in total. The van der Waals surface area contributed by atoms with Crippen molar-refractivity contribution >= 4 is 45.9 Å². The highest BCUT2D eigenvalue weighted by Gasteiger charge is 2.23. The van der Waals surface area contributed by atoms with Crippen molar-refractivity contribution in [1.29, 1.82) is 0 Å². The van der Waals surface area contributed by atoms with Crippen LogP contribution in [0.1, 0.15) is 19.8 Å². The molecule has 1 saturated heterocycles. The van der Waals surface area contributed by atoms with E-state index < -0.39 is 5.25 Å². The molecule has 156 valence electrons. The van der Waals surface area contributed by atoms with Gasteiger partial charge in [-0.3, -0.25) is 14.2 Å². The lowest BCUT2D eigenvalue weighted by Gasteiger charge is -2.18. The molecule has 0 aliphatic carbocycles. The molecule has 1 aromatic heterocycles. The number of carbonyl (C=O) groups is 1. The maximum atomic E-state index is 13.2. The summed E-state index contributed by atoms with van der Waals surface area (Å²) < 4.78 is 7.38. The number of carbonyl (C=O) groups excluding carboxylic acids is 1. The summed E-state index contributed by atoms with van der Waals surface area (Å²) in [4.78, 5) is 30.5. The van der Waals surface area contributed by atoms with Gasteiger partial charge in [-0.1, -0.05) is 35.5 Å². The molecule has 0 bridgehead atoms. The number of para-hydroxylation sites is 1. The maximum absolute atomic E-state index is 13.2. The van der Waals surface area contributed by atoms with Crippen molar-refractivity contribution in [3.63, 3.8) is 0 Å². The molecule has 1 amide bonds. The smallest absolute Gasteiger partial charge is 0.262 e. The lowest BCUT2D eigenvalue weighted by atomic mass is 10.2. The number of rotatable bonds is 6. The van der Waals surface area contributed by atoms with Gasteiger partial charge in [-0.25, -0.2) is 4.98 Å². The first-order valence-electron chi connectivity index (χ1n) is 9.85. The Kier molecular flexibility index (Phi) is 6.41. The van der Waals surface area contributed by atoms with Gasteiger partial charge in [0, 0.05) is 17.3 Å². The predicted molar refractivity (Wildman–Crippen MR) is 120 cm³/mol. The Bertz CT molecular complexity index is 1110. The van der Waals surface area contributed by atoms with E-state index in [1.807, 2.05) is 18.2 Å². The molecule has 30 heavy (non-hydrogen) atoms. The van der Waals surface area contributed by atoms with Gasteiger partial charge in [-0.05, 0) is 56.2 Å². The Morgan fingerprint density at radius 1 is 1.30 bits per heavy atom. The van der Waals surface area contributed by atoms with Crippen LogP contribution >= 0.6 is 23.4 Å². The van der Waals surface area contributed by atoms with Gasteiger partial charge in [0.25, 0.3) is 5.56 Å². The summed E-state index contributed by atoms with van der Waals surface area (Å²) in [6.07, 6.45) is 1.89. The zero-order chi connectivity index (χ0) is 21.1. The number of hydrogen-bond donors (Lipinski definition) is 1. The fourth-order valence-electron chi connectivity index (χ4n) is 3.38. The highest BCUT2D eigenvalue weighted by atomic mass is 35.5. The minimum atomic E-state index is -0.454. The lowest BCUT2D eigenvalue weighted by molar-refractivity contribution is -0.115. The Hall–Kier alpha value is -2.35. The molecular weight excluding hydrogens is 422 g/mol. The molecule has 8 heteroatoms. The molecule has 1 aliphatic rings. The first kappa shape index (κ1) is 20.9. The van der Waals surface area contributed by atoms with Gasteiger partial charge in [0.15, 0.2) is 5.16 Å². The zero-order valence-corrected chi connectivity index (χ0v) is 18.1. The summed E-state index contributed by atoms with van der Waals surface area (Å²) >= 11 is 7.17. The van der Waals surface area contributed by atoms with Gasteiger partial charge in [-0.15, -0.1) is 0 Å². The van der Waals surface area contributed by atoms with Gasteiger partial charge in [0.05, 0.1) is 28.8 Å². The lowest BCUT2D eigenvalue weighted by Crippen LogP contribution is -2.30. The summed E-state index contributed by atoms with van der Waals surface area (Å²) in [5, 5.41) is 4.12. The average molecular weight is 444 g/mol. The number of hydrogen-bond acceptors (Lipinski definition) is 5. The largest absolute Gasteiger partial charge is 0.376 e. The second kappa shape index (κ2) is 9.20. The fourth-order valence-corrected chi connectivity index (χ4v) is 4.42. The van der Waals surface area contributed by atoms with E-state index in [2.05, 4.69) is 5.32 Å². The van der Waals surface area contributed by atoms with E-state index in [1.54, 1.807) is 41.8 Å². The van der Waals surface area contributed by atoms with E-state index >= 15 is 0 Å². The molecule has 0 radical (unpaired) electrons. The molecule has 4 rings (SSSR count). The number of fused-ring (bicyclic) bond motifs is 1. The zero-order valence-electron chi connectivity index (χ0n) is 16.5. The van der Waals surface area contributed by atoms with Crippen LogP contribution in [0.2, 0.25) is 5.02 Å². The van der Waals surface area contributed by atoms with Crippen LogP contribution < -0.4 is 10.9 Å². The second-order valence-corrected chi connectivity index (χ2v) is 8.96. The number of benzene rings is 2. The molecule has 6 nitrogen and oxygen atoms in total.